The molecule has 0 aliphatic rings. The number of hydrogen-bond acceptors (Lipinski definition) is 0. The first-order valence-corrected chi connectivity index (χ1v) is 4.97. The number of unbranched alkanes of at least 4 members (excludes halogenated alkanes) is 3. The summed E-state index contributed by atoms with van der Waals surface area (Å²) in [6.45, 7) is 8.67. The molecule has 0 aliphatic carbocycles. The Balaban J connectivity index is 2.16. The minimum atomic E-state index is 1.25. The van der Waals surface area contributed by atoms with Crippen molar-refractivity contribution in [1.82, 2.24) is 0 Å². The average molecular weight is 156 g/mol. The average Bonchev–Trinajstić information content (AvgIpc) is 2.14. The second kappa shape index (κ2) is 6.34. The predicted octanol–water partition coefficient (Wildman–Crippen LogP) is 1.82. The molecule has 1 heterocycles. The van der Waals surface area contributed by atoms with Gasteiger partial charge < -0.3 is 0 Å². The summed E-state index contributed by atoms with van der Waals surface area (Å²) in [6.07, 6.45) is 6.69. The van der Waals surface area contributed by atoms with Gasteiger partial charge in [-0.3, -0.25) is 0 Å². The fourth-order valence-corrected chi connectivity index (χ4v) is 1.40. The molecule has 0 fully saturated rings. The Morgan fingerprint density at radius 3 is 2.83 bits per heavy atom. The van der Waals surface area contributed by atoms with Crippen LogP contribution < -0.4 is 0 Å². The van der Waals surface area contributed by atoms with E-state index in [0.717, 1.165) is 0 Å². The van der Waals surface area contributed by atoms with Gasteiger partial charge >= 0.3 is 76.8 Å². The van der Waals surface area contributed by atoms with Gasteiger partial charge in [0.15, 0.2) is 0 Å². The van der Waals surface area contributed by atoms with Crippen LogP contribution in [-0.4, -0.2) is 20.3 Å². The molecule has 0 nitrogen and oxygen atoms in total. The van der Waals surface area contributed by atoms with E-state index < -0.39 is 0 Å². The summed E-state index contributed by atoms with van der Waals surface area (Å²) in [7, 11) is 0. The molecule has 0 N–H and O–H groups in total. The van der Waals surface area contributed by atoms with Gasteiger partial charge in [0.1, 0.15) is 0 Å². The van der Waals surface area contributed by atoms with Crippen LogP contribution in [0.5, 0.6) is 0 Å². The van der Waals surface area contributed by atoms with Gasteiger partial charge in [-0.05, 0) is 0 Å². The Labute approximate surface area is 77.4 Å². The van der Waals surface area contributed by atoms with E-state index in [1.54, 1.807) is 0 Å². The zero-order chi connectivity index (χ0) is 8.65. The van der Waals surface area contributed by atoms with E-state index in [9.17, 15) is 0 Å². The van der Waals surface area contributed by atoms with Crippen LogP contribution in [0.25, 0.3) is 0 Å². The molecular formula is C9H15B3. The van der Waals surface area contributed by atoms with Crippen molar-refractivity contribution in [2.75, 3.05) is 0 Å². The zero-order valence-corrected chi connectivity index (χ0v) is 7.92. The van der Waals surface area contributed by atoms with E-state index >= 15 is 0 Å². The fraction of sp³-hybridized carbons (Fsp3) is 0.667. The van der Waals surface area contributed by atoms with E-state index in [1.165, 1.54) is 37.6 Å². The second-order valence-electron chi connectivity index (χ2n) is 3.30. The molecule has 0 saturated heterocycles. The molecule has 0 bridgehead atoms. The molecule has 0 amide bonds. The van der Waals surface area contributed by atoms with Crippen molar-refractivity contribution in [3.63, 3.8) is 0 Å². The van der Waals surface area contributed by atoms with Crippen molar-refractivity contribution in [3.8, 4) is 0 Å². The first kappa shape index (κ1) is 9.89. The Morgan fingerprint density at radius 1 is 1.25 bits per heavy atom. The summed E-state index contributed by atoms with van der Waals surface area (Å²) in [5, 5.41) is 0. The maximum atomic E-state index is 2.25. The van der Waals surface area contributed by atoms with Crippen molar-refractivity contribution < 1.29 is 0 Å². The summed E-state index contributed by atoms with van der Waals surface area (Å²) in [6, 6.07) is 2.21. The molecule has 1 aromatic rings. The first-order chi connectivity index (χ1) is 5.93. The van der Waals surface area contributed by atoms with Crippen LogP contribution in [-0.2, 0) is 6.42 Å². The Hall–Kier alpha value is -0.195. The van der Waals surface area contributed by atoms with Gasteiger partial charge in [-0.2, -0.15) is 0 Å². The Morgan fingerprint density at radius 2 is 2.17 bits per heavy atom. The van der Waals surface area contributed by atoms with Gasteiger partial charge in [-0.25, -0.2) is 0 Å². The molecule has 0 saturated carbocycles. The molecule has 0 unspecified atom stereocenters. The van der Waals surface area contributed by atoms with Crippen LogP contribution in [0.3, 0.4) is 0 Å². The molecule has 1 rings (SSSR count). The van der Waals surface area contributed by atoms with E-state index in [1.807, 2.05) is 0 Å². The van der Waals surface area contributed by atoms with Crippen molar-refractivity contribution in [2.24, 2.45) is 0 Å². The molecule has 60 valence electrons. The van der Waals surface area contributed by atoms with Gasteiger partial charge in [0.25, 0.3) is 0 Å². The van der Waals surface area contributed by atoms with E-state index in [-0.39, 0.29) is 0 Å². The molecule has 1 aromatic heterocycles. The summed E-state index contributed by atoms with van der Waals surface area (Å²) in [5.41, 5.74) is 1.48. The Kier molecular flexibility index (Phi) is 5.22. The molecule has 0 spiro atoms. The van der Waals surface area contributed by atoms with Gasteiger partial charge in [0, 0.05) is 0 Å². The molecule has 3 heteroatoms. The standard InChI is InChI=1S/C9H15B3/c1-2-3-4-5-6-9-7-8-10-12-11-9/h7-8H,2-6H2,1H3. The molecular weight excluding hydrogens is 141 g/mol. The van der Waals surface area contributed by atoms with Crippen LogP contribution in [0.1, 0.15) is 38.1 Å². The number of aryl methyl sites for hydroxylation is 1. The van der Waals surface area contributed by atoms with E-state index in [0.29, 0.717) is 0 Å². The quantitative estimate of drug-likeness (QED) is 0.570. The predicted molar refractivity (Wildman–Crippen MR) is 58.3 cm³/mol. The van der Waals surface area contributed by atoms with Crippen molar-refractivity contribution in [3.05, 3.63) is 17.5 Å². The second-order valence-corrected chi connectivity index (χ2v) is 3.30. The van der Waals surface area contributed by atoms with Gasteiger partial charge in [-0.15, -0.1) is 0 Å². The summed E-state index contributed by atoms with van der Waals surface area (Å²) in [4.78, 5) is 0. The monoisotopic (exact) mass is 156 g/mol. The summed E-state index contributed by atoms with van der Waals surface area (Å²) < 4.78 is 0. The third-order valence-electron chi connectivity index (χ3n) is 2.16. The van der Waals surface area contributed by atoms with Crippen LogP contribution >= 0.6 is 0 Å². The van der Waals surface area contributed by atoms with Crippen molar-refractivity contribution in [2.45, 2.75) is 39.0 Å². The first-order valence-electron chi connectivity index (χ1n) is 4.97. The van der Waals surface area contributed by atoms with Gasteiger partial charge in [0.05, 0.1) is 0 Å². The molecule has 0 atom stereocenters. The van der Waals surface area contributed by atoms with Crippen LogP contribution in [0.2, 0.25) is 0 Å². The van der Waals surface area contributed by atoms with Crippen LogP contribution in [0, 0.1) is 0 Å². The topological polar surface area (TPSA) is 0 Å². The summed E-state index contributed by atoms with van der Waals surface area (Å²) >= 11 is 0. The number of hydrogen-bond donors (Lipinski definition) is 0. The normalized spacial score (nSPS) is 9.08. The van der Waals surface area contributed by atoms with Crippen molar-refractivity contribution >= 4 is 20.3 Å². The minimum absolute atomic E-state index is 1.25. The maximum absolute atomic E-state index is 2.25. The van der Waals surface area contributed by atoms with E-state index in [2.05, 4.69) is 39.2 Å². The van der Waals surface area contributed by atoms with Crippen LogP contribution in [0.4, 0.5) is 0 Å². The SMILES string of the molecule is CCCCCCc1bbbcc1. The molecule has 12 heavy (non-hydrogen) atoms. The summed E-state index contributed by atoms with van der Waals surface area (Å²) in [5.74, 6) is 2.12. The van der Waals surface area contributed by atoms with Gasteiger partial charge in [-0.1, -0.05) is 0 Å². The molecule has 0 radical (unpaired) electrons. The molecule has 0 aliphatic heterocycles. The molecule has 0 aromatic carbocycles. The van der Waals surface area contributed by atoms with Gasteiger partial charge in [0.2, 0.25) is 0 Å². The fourth-order valence-electron chi connectivity index (χ4n) is 1.40. The van der Waals surface area contributed by atoms with Crippen molar-refractivity contribution in [1.29, 1.82) is 0 Å². The Bertz CT molecular complexity index is 198. The number of rotatable bonds is 5. The third kappa shape index (κ3) is 3.99. The van der Waals surface area contributed by atoms with Crippen LogP contribution in [0.15, 0.2) is 12.0 Å². The third-order valence-corrected chi connectivity index (χ3v) is 2.16. The zero-order valence-electron chi connectivity index (χ0n) is 7.92. The van der Waals surface area contributed by atoms with E-state index in [4.69, 9.17) is 0 Å².